The standard InChI is InChI=1S/C22H19NO4/c24-21(23-14-16-4-2-1-3-5-16)18-10-12-20(13-11-18)27-15-17-6-8-19(9-7-17)22(25)26/h1-13H,14-15H2,(H,23,24)(H,25,26). The van der Waals surface area contributed by atoms with Crippen LogP contribution >= 0.6 is 0 Å². The molecule has 5 heteroatoms. The van der Waals surface area contributed by atoms with E-state index in [9.17, 15) is 9.59 Å². The molecule has 0 aliphatic carbocycles. The smallest absolute Gasteiger partial charge is 0.335 e. The first-order chi connectivity index (χ1) is 13.1. The summed E-state index contributed by atoms with van der Waals surface area (Å²) in [6.07, 6.45) is 0. The lowest BCUT2D eigenvalue weighted by molar-refractivity contribution is 0.0696. The van der Waals surface area contributed by atoms with Crippen LogP contribution in [0.3, 0.4) is 0 Å². The van der Waals surface area contributed by atoms with Crippen LogP contribution in [0.2, 0.25) is 0 Å². The third-order valence-corrected chi connectivity index (χ3v) is 4.02. The highest BCUT2D eigenvalue weighted by molar-refractivity contribution is 5.94. The molecule has 0 fully saturated rings. The van der Waals surface area contributed by atoms with Gasteiger partial charge in [0.1, 0.15) is 12.4 Å². The molecule has 27 heavy (non-hydrogen) atoms. The monoisotopic (exact) mass is 361 g/mol. The van der Waals surface area contributed by atoms with E-state index in [4.69, 9.17) is 9.84 Å². The van der Waals surface area contributed by atoms with Gasteiger partial charge in [-0.1, -0.05) is 42.5 Å². The van der Waals surface area contributed by atoms with E-state index in [1.54, 1.807) is 48.5 Å². The third kappa shape index (κ3) is 5.19. The summed E-state index contributed by atoms with van der Waals surface area (Å²) < 4.78 is 5.68. The van der Waals surface area contributed by atoms with Gasteiger partial charge in [0, 0.05) is 12.1 Å². The Morgan fingerprint density at radius 1 is 0.778 bits per heavy atom. The van der Waals surface area contributed by atoms with Crippen LogP contribution in [-0.2, 0) is 13.2 Å². The van der Waals surface area contributed by atoms with Gasteiger partial charge in [0.05, 0.1) is 5.56 Å². The molecule has 0 atom stereocenters. The van der Waals surface area contributed by atoms with Gasteiger partial charge in [0.25, 0.3) is 5.91 Å². The second kappa shape index (κ2) is 8.67. The van der Waals surface area contributed by atoms with Crippen LogP contribution < -0.4 is 10.1 Å². The zero-order valence-electron chi connectivity index (χ0n) is 14.6. The van der Waals surface area contributed by atoms with Crippen LogP contribution in [0.5, 0.6) is 5.75 Å². The number of carboxylic acid groups (broad SMARTS) is 1. The Balaban J connectivity index is 1.52. The Labute approximate surface area is 157 Å². The van der Waals surface area contributed by atoms with Crippen LogP contribution in [0.1, 0.15) is 31.8 Å². The predicted molar refractivity (Wildman–Crippen MR) is 102 cm³/mol. The molecule has 0 heterocycles. The summed E-state index contributed by atoms with van der Waals surface area (Å²) in [6.45, 7) is 0.795. The number of benzene rings is 3. The molecule has 0 radical (unpaired) electrons. The van der Waals surface area contributed by atoms with Crippen LogP contribution in [0, 0.1) is 0 Å². The average Bonchev–Trinajstić information content (AvgIpc) is 2.72. The van der Waals surface area contributed by atoms with Crippen molar-refractivity contribution in [3.05, 3.63) is 101 Å². The molecular weight excluding hydrogens is 342 g/mol. The first-order valence-corrected chi connectivity index (χ1v) is 8.49. The lowest BCUT2D eigenvalue weighted by atomic mass is 10.1. The largest absolute Gasteiger partial charge is 0.489 e. The maximum Gasteiger partial charge on any atom is 0.335 e. The normalized spacial score (nSPS) is 10.2. The number of carbonyl (C=O) groups excluding carboxylic acids is 1. The summed E-state index contributed by atoms with van der Waals surface area (Å²) in [5, 5.41) is 11.8. The fourth-order valence-corrected chi connectivity index (χ4v) is 2.49. The second-order valence-electron chi connectivity index (χ2n) is 5.98. The molecule has 5 nitrogen and oxygen atoms in total. The zero-order chi connectivity index (χ0) is 19.1. The number of nitrogens with one attached hydrogen (secondary N) is 1. The first-order valence-electron chi connectivity index (χ1n) is 8.49. The van der Waals surface area contributed by atoms with E-state index in [0.29, 0.717) is 24.5 Å². The van der Waals surface area contributed by atoms with Gasteiger partial charge in [-0.05, 0) is 47.5 Å². The molecule has 0 saturated heterocycles. The molecule has 0 aliphatic rings. The minimum absolute atomic E-state index is 0.144. The summed E-state index contributed by atoms with van der Waals surface area (Å²) in [5.74, 6) is -0.463. The van der Waals surface area contributed by atoms with Gasteiger partial charge in [-0.15, -0.1) is 0 Å². The summed E-state index contributed by atoms with van der Waals surface area (Å²) in [7, 11) is 0. The molecule has 3 aromatic rings. The van der Waals surface area contributed by atoms with Crippen molar-refractivity contribution in [1.82, 2.24) is 5.32 Å². The minimum Gasteiger partial charge on any atom is -0.489 e. The van der Waals surface area contributed by atoms with Crippen molar-refractivity contribution in [2.45, 2.75) is 13.2 Å². The van der Waals surface area contributed by atoms with Gasteiger partial charge in [-0.2, -0.15) is 0 Å². The van der Waals surface area contributed by atoms with Crippen molar-refractivity contribution in [3.8, 4) is 5.75 Å². The first kappa shape index (κ1) is 18.2. The molecule has 0 unspecified atom stereocenters. The molecule has 2 N–H and O–H groups in total. The minimum atomic E-state index is -0.955. The van der Waals surface area contributed by atoms with Gasteiger partial charge in [-0.3, -0.25) is 4.79 Å². The van der Waals surface area contributed by atoms with Crippen LogP contribution in [0.15, 0.2) is 78.9 Å². The van der Waals surface area contributed by atoms with Crippen molar-refractivity contribution in [1.29, 1.82) is 0 Å². The quantitative estimate of drug-likeness (QED) is 0.669. The number of ether oxygens (including phenoxy) is 1. The number of hydrogen-bond acceptors (Lipinski definition) is 3. The molecular formula is C22H19NO4. The molecule has 0 spiro atoms. The zero-order valence-corrected chi connectivity index (χ0v) is 14.6. The number of rotatable bonds is 7. The number of hydrogen-bond donors (Lipinski definition) is 2. The van der Waals surface area contributed by atoms with Crippen LogP contribution in [0.4, 0.5) is 0 Å². The van der Waals surface area contributed by atoms with E-state index in [1.807, 2.05) is 30.3 Å². The van der Waals surface area contributed by atoms with E-state index < -0.39 is 5.97 Å². The summed E-state index contributed by atoms with van der Waals surface area (Å²) >= 11 is 0. The van der Waals surface area contributed by atoms with Gasteiger partial charge >= 0.3 is 5.97 Å². The van der Waals surface area contributed by atoms with E-state index in [-0.39, 0.29) is 11.5 Å². The summed E-state index contributed by atoms with van der Waals surface area (Å²) in [5.41, 5.74) is 2.71. The third-order valence-electron chi connectivity index (χ3n) is 4.02. The van der Waals surface area contributed by atoms with Gasteiger partial charge < -0.3 is 15.2 Å². The lowest BCUT2D eigenvalue weighted by Gasteiger charge is -2.08. The van der Waals surface area contributed by atoms with E-state index >= 15 is 0 Å². The Hall–Kier alpha value is -3.60. The van der Waals surface area contributed by atoms with E-state index in [2.05, 4.69) is 5.32 Å². The SMILES string of the molecule is O=C(O)c1ccc(COc2ccc(C(=O)NCc3ccccc3)cc2)cc1. The topological polar surface area (TPSA) is 75.6 Å². The molecule has 0 aromatic heterocycles. The summed E-state index contributed by atoms with van der Waals surface area (Å²) in [4.78, 5) is 23.0. The Morgan fingerprint density at radius 2 is 1.41 bits per heavy atom. The molecule has 3 rings (SSSR count). The Kier molecular flexibility index (Phi) is 5.84. The van der Waals surface area contributed by atoms with Crippen molar-refractivity contribution in [3.63, 3.8) is 0 Å². The van der Waals surface area contributed by atoms with Crippen LogP contribution in [-0.4, -0.2) is 17.0 Å². The lowest BCUT2D eigenvalue weighted by Crippen LogP contribution is -2.22. The predicted octanol–water partition coefficient (Wildman–Crippen LogP) is 3.89. The summed E-state index contributed by atoms with van der Waals surface area (Å²) in [6, 6.07) is 23.1. The van der Waals surface area contributed by atoms with Gasteiger partial charge in [0.2, 0.25) is 0 Å². The number of carbonyl (C=O) groups is 2. The molecule has 136 valence electrons. The molecule has 1 amide bonds. The average molecular weight is 361 g/mol. The fraction of sp³-hybridized carbons (Fsp3) is 0.0909. The van der Waals surface area contributed by atoms with Crippen molar-refractivity contribution < 1.29 is 19.4 Å². The van der Waals surface area contributed by atoms with E-state index in [0.717, 1.165) is 11.1 Å². The molecule has 0 saturated carbocycles. The van der Waals surface area contributed by atoms with Crippen molar-refractivity contribution in [2.24, 2.45) is 0 Å². The molecule has 0 bridgehead atoms. The number of carboxylic acids is 1. The maximum atomic E-state index is 12.2. The maximum absolute atomic E-state index is 12.2. The Bertz CT molecular complexity index is 903. The molecule has 0 aliphatic heterocycles. The second-order valence-corrected chi connectivity index (χ2v) is 5.98. The van der Waals surface area contributed by atoms with Crippen LogP contribution in [0.25, 0.3) is 0 Å². The fourth-order valence-electron chi connectivity index (χ4n) is 2.49. The van der Waals surface area contributed by atoms with Crippen molar-refractivity contribution >= 4 is 11.9 Å². The van der Waals surface area contributed by atoms with Gasteiger partial charge in [0.15, 0.2) is 0 Å². The highest BCUT2D eigenvalue weighted by atomic mass is 16.5. The van der Waals surface area contributed by atoms with Gasteiger partial charge in [-0.25, -0.2) is 4.79 Å². The highest BCUT2D eigenvalue weighted by Gasteiger charge is 2.06. The molecule has 3 aromatic carbocycles. The highest BCUT2D eigenvalue weighted by Crippen LogP contribution is 2.15. The van der Waals surface area contributed by atoms with E-state index in [1.165, 1.54) is 0 Å². The number of aromatic carboxylic acids is 1. The number of amides is 1. The van der Waals surface area contributed by atoms with Crippen molar-refractivity contribution in [2.75, 3.05) is 0 Å². The Morgan fingerprint density at radius 3 is 2.04 bits per heavy atom.